The zero-order valence-electron chi connectivity index (χ0n) is 36.2. The van der Waals surface area contributed by atoms with E-state index in [1.54, 1.807) is 20.4 Å². The minimum absolute atomic E-state index is 0.0821. The van der Waals surface area contributed by atoms with Crippen LogP contribution in [0.4, 0.5) is 5.69 Å². The SMILES string of the molecule is COc1ccc(CCC(=O)N(CCc2ccc(N(Cc3cc4c5c(ccc6c5c3CC=C6)CC=C4)C(=O)c3cnc4ccccc4c3)cc2)Cc2ccc3ccccc3c2)cc1OC. The van der Waals surface area contributed by atoms with E-state index in [0.29, 0.717) is 56.0 Å². The monoisotopic (exact) mass is 839 g/mol. The molecule has 0 saturated heterocycles. The molecule has 2 aliphatic carbocycles. The van der Waals surface area contributed by atoms with Crippen LogP contribution < -0.4 is 14.4 Å². The topological polar surface area (TPSA) is 72.0 Å². The molecule has 2 amide bonds. The van der Waals surface area contributed by atoms with Gasteiger partial charge in [0.1, 0.15) is 0 Å². The highest BCUT2D eigenvalue weighted by Gasteiger charge is 2.25. The number of allylic oxidation sites excluding steroid dienone is 2. The second-order valence-corrected chi connectivity index (χ2v) is 16.8. The van der Waals surface area contributed by atoms with E-state index in [9.17, 15) is 9.59 Å². The van der Waals surface area contributed by atoms with Gasteiger partial charge >= 0.3 is 0 Å². The number of aromatic nitrogens is 1. The number of anilines is 1. The molecule has 8 aromatic rings. The number of aryl methyl sites for hydroxylation is 1. The van der Waals surface area contributed by atoms with Crippen LogP contribution in [0.3, 0.4) is 0 Å². The molecule has 0 bridgehead atoms. The zero-order valence-corrected chi connectivity index (χ0v) is 36.2. The van der Waals surface area contributed by atoms with E-state index in [4.69, 9.17) is 9.47 Å². The lowest BCUT2D eigenvalue weighted by molar-refractivity contribution is -0.131. The van der Waals surface area contributed by atoms with Crippen LogP contribution in [0.1, 0.15) is 61.3 Å². The molecule has 0 fully saturated rings. The van der Waals surface area contributed by atoms with E-state index in [2.05, 4.69) is 90.0 Å². The molecule has 7 aromatic carbocycles. The second kappa shape index (κ2) is 17.7. The number of hydrogen-bond donors (Lipinski definition) is 0. The van der Waals surface area contributed by atoms with Crippen molar-refractivity contribution in [1.29, 1.82) is 0 Å². The van der Waals surface area contributed by atoms with E-state index in [-0.39, 0.29) is 11.8 Å². The lowest BCUT2D eigenvalue weighted by Crippen LogP contribution is -2.33. The van der Waals surface area contributed by atoms with Gasteiger partial charge in [0.25, 0.3) is 5.91 Å². The van der Waals surface area contributed by atoms with Gasteiger partial charge in [-0.2, -0.15) is 0 Å². The minimum Gasteiger partial charge on any atom is -0.493 e. The molecule has 316 valence electrons. The maximum absolute atomic E-state index is 14.8. The molecular formula is C57H49N3O4. The van der Waals surface area contributed by atoms with Gasteiger partial charge in [-0.1, -0.05) is 109 Å². The van der Waals surface area contributed by atoms with Gasteiger partial charge in [-0.15, -0.1) is 0 Å². The number of nitrogens with zero attached hydrogens (tertiary/aromatic N) is 3. The summed E-state index contributed by atoms with van der Waals surface area (Å²) in [7, 11) is 3.24. The van der Waals surface area contributed by atoms with Crippen LogP contribution in [0.25, 0.3) is 44.6 Å². The Balaban J connectivity index is 0.938. The number of benzene rings is 7. The van der Waals surface area contributed by atoms with Crippen LogP contribution >= 0.6 is 0 Å². The molecule has 1 heterocycles. The lowest BCUT2D eigenvalue weighted by Gasteiger charge is -2.28. The van der Waals surface area contributed by atoms with Crippen LogP contribution in [0, 0.1) is 0 Å². The van der Waals surface area contributed by atoms with Crippen molar-refractivity contribution in [2.75, 3.05) is 25.7 Å². The fraction of sp³-hybridized carbons (Fsp3) is 0.175. The Bertz CT molecular complexity index is 3150. The molecule has 10 rings (SSSR count). The van der Waals surface area contributed by atoms with Gasteiger partial charge < -0.3 is 19.3 Å². The second-order valence-electron chi connectivity index (χ2n) is 16.8. The number of methoxy groups -OCH3 is 2. The van der Waals surface area contributed by atoms with E-state index in [0.717, 1.165) is 57.1 Å². The van der Waals surface area contributed by atoms with Crippen molar-refractivity contribution < 1.29 is 19.1 Å². The van der Waals surface area contributed by atoms with E-state index in [1.807, 2.05) is 82.6 Å². The van der Waals surface area contributed by atoms with Gasteiger partial charge in [0.2, 0.25) is 5.91 Å². The van der Waals surface area contributed by atoms with Crippen LogP contribution in [0.2, 0.25) is 0 Å². The smallest absolute Gasteiger partial charge is 0.260 e. The summed E-state index contributed by atoms with van der Waals surface area (Å²) in [6.45, 7) is 1.44. The third-order valence-electron chi connectivity index (χ3n) is 12.8. The van der Waals surface area contributed by atoms with Gasteiger partial charge in [0, 0.05) is 36.8 Å². The molecule has 0 N–H and O–H groups in total. The number of para-hydroxylation sites is 1. The molecular weight excluding hydrogens is 791 g/mol. The third-order valence-corrected chi connectivity index (χ3v) is 12.8. The van der Waals surface area contributed by atoms with Crippen molar-refractivity contribution in [1.82, 2.24) is 9.88 Å². The Kier molecular flexibility index (Phi) is 11.2. The molecule has 0 radical (unpaired) electrons. The number of rotatable bonds is 14. The number of amides is 2. The van der Waals surface area contributed by atoms with E-state index in [1.165, 1.54) is 38.4 Å². The maximum atomic E-state index is 14.8. The lowest BCUT2D eigenvalue weighted by atomic mass is 9.82. The van der Waals surface area contributed by atoms with Gasteiger partial charge in [0.05, 0.1) is 31.8 Å². The first-order valence-electron chi connectivity index (χ1n) is 22.1. The highest BCUT2D eigenvalue weighted by atomic mass is 16.5. The minimum atomic E-state index is -0.107. The third kappa shape index (κ3) is 8.13. The Morgan fingerprint density at radius 2 is 1.38 bits per heavy atom. The van der Waals surface area contributed by atoms with Crippen molar-refractivity contribution >= 4 is 62.1 Å². The summed E-state index contributed by atoms with van der Waals surface area (Å²) < 4.78 is 11.0. The van der Waals surface area contributed by atoms with Crippen molar-refractivity contribution in [3.63, 3.8) is 0 Å². The molecule has 0 aliphatic heterocycles. The Labute approximate surface area is 373 Å². The van der Waals surface area contributed by atoms with Crippen molar-refractivity contribution in [3.8, 4) is 11.5 Å². The Hall–Kier alpha value is -7.51. The number of hydrogen-bond acceptors (Lipinski definition) is 5. The van der Waals surface area contributed by atoms with Gasteiger partial charge in [-0.3, -0.25) is 14.6 Å². The van der Waals surface area contributed by atoms with Crippen LogP contribution in [-0.4, -0.2) is 42.5 Å². The fourth-order valence-corrected chi connectivity index (χ4v) is 9.45. The van der Waals surface area contributed by atoms with Crippen molar-refractivity contribution in [2.45, 2.75) is 45.2 Å². The fourth-order valence-electron chi connectivity index (χ4n) is 9.45. The Morgan fingerprint density at radius 3 is 2.22 bits per heavy atom. The predicted octanol–water partition coefficient (Wildman–Crippen LogP) is 11.7. The Morgan fingerprint density at radius 1 is 0.625 bits per heavy atom. The molecule has 1 aromatic heterocycles. The maximum Gasteiger partial charge on any atom is 0.260 e. The quantitative estimate of drug-likeness (QED) is 0.109. The number of ether oxygens (including phenoxy) is 2. The first kappa shape index (κ1) is 40.6. The van der Waals surface area contributed by atoms with E-state index < -0.39 is 0 Å². The number of carbonyl (C=O) groups is 2. The van der Waals surface area contributed by atoms with Gasteiger partial charge in [0.15, 0.2) is 11.5 Å². The normalized spacial score (nSPS) is 12.5. The van der Waals surface area contributed by atoms with Gasteiger partial charge in [-0.25, -0.2) is 0 Å². The first-order valence-corrected chi connectivity index (χ1v) is 22.1. The molecule has 64 heavy (non-hydrogen) atoms. The predicted molar refractivity (Wildman–Crippen MR) is 259 cm³/mol. The van der Waals surface area contributed by atoms with Crippen LogP contribution in [0.5, 0.6) is 11.5 Å². The van der Waals surface area contributed by atoms with Crippen LogP contribution in [0.15, 0.2) is 152 Å². The number of pyridine rings is 1. The molecule has 2 aliphatic rings. The summed E-state index contributed by atoms with van der Waals surface area (Å²) in [5, 5.41) is 5.88. The zero-order chi connectivity index (χ0) is 43.6. The molecule has 0 atom stereocenters. The first-order chi connectivity index (χ1) is 31.4. The number of fused-ring (bicyclic) bond motifs is 2. The highest BCUT2D eigenvalue weighted by molar-refractivity contribution is 6.08. The molecule has 0 saturated carbocycles. The summed E-state index contributed by atoms with van der Waals surface area (Å²) in [6.07, 6.45) is 14.0. The molecule has 7 heteroatoms. The molecule has 7 nitrogen and oxygen atoms in total. The summed E-state index contributed by atoms with van der Waals surface area (Å²) in [4.78, 5) is 37.5. The van der Waals surface area contributed by atoms with Crippen LogP contribution in [-0.2, 0) is 43.6 Å². The largest absolute Gasteiger partial charge is 0.493 e. The average Bonchev–Trinajstić information content (AvgIpc) is 3.35. The highest BCUT2D eigenvalue weighted by Crippen LogP contribution is 2.39. The van der Waals surface area contributed by atoms with Crippen molar-refractivity contribution in [2.24, 2.45) is 0 Å². The van der Waals surface area contributed by atoms with E-state index >= 15 is 0 Å². The molecule has 0 unspecified atom stereocenters. The standard InChI is InChI=1S/C57H49N3O4/c1-63-52-27-20-39(32-53(52)64-2)21-28-54(61)59(36-40-17-22-41-9-3-4-10-44(41)31-40)30-29-38-18-25-49(26-19-38)60(57(62)47-33-45-11-5-6-16-51(45)58-35-47)37-48-34-46-14-7-12-42-23-24-43-13-8-15-50(48)56(43)55(42)46/h3-11,13-14,16-20,22-27,31-35H,12,15,21,28-30,36-37H2,1-2H3. The summed E-state index contributed by atoms with van der Waals surface area (Å²) in [5.41, 5.74) is 11.6. The summed E-state index contributed by atoms with van der Waals surface area (Å²) >= 11 is 0. The summed E-state index contributed by atoms with van der Waals surface area (Å²) in [5.74, 6) is 1.29. The average molecular weight is 840 g/mol. The molecule has 0 spiro atoms. The summed E-state index contributed by atoms with van der Waals surface area (Å²) in [6, 6.07) is 45.5. The van der Waals surface area contributed by atoms with Gasteiger partial charge in [-0.05, 0) is 140 Å². The van der Waals surface area contributed by atoms with Crippen molar-refractivity contribution in [3.05, 3.63) is 202 Å². The number of carbonyl (C=O) groups excluding carboxylic acids is 2.